The Kier molecular flexibility index (Phi) is 4.80. The number of rotatable bonds is 4. The molecule has 0 aliphatic carbocycles. The van der Waals surface area contributed by atoms with Crippen LogP contribution in [0.2, 0.25) is 0 Å². The molecule has 1 aliphatic rings. The maximum Gasteiger partial charge on any atom is 0.357 e. The normalized spacial score (nSPS) is 15.4. The topological polar surface area (TPSA) is 78.7 Å². The molecule has 0 radical (unpaired) electrons. The number of amides is 1. The molecule has 1 aromatic carbocycles. The highest BCUT2D eigenvalue weighted by Crippen LogP contribution is 2.14. The molecule has 1 N–H and O–H groups in total. The molecule has 25 heavy (non-hydrogen) atoms. The zero-order valence-corrected chi connectivity index (χ0v) is 13.9. The second kappa shape index (κ2) is 7.02. The van der Waals surface area contributed by atoms with Gasteiger partial charge in [0.2, 0.25) is 0 Å². The van der Waals surface area contributed by atoms with Crippen LogP contribution in [0.5, 0.6) is 0 Å². The SMILES string of the molecule is Cn1cc(C(=O)N2CCN(Cc3ccc(F)cc3)CC2)c(C(=O)O)n1. The summed E-state index contributed by atoms with van der Waals surface area (Å²) in [6.45, 7) is 3.05. The molecule has 2 heterocycles. The van der Waals surface area contributed by atoms with Gasteiger partial charge in [0.15, 0.2) is 5.69 Å². The molecule has 0 atom stereocenters. The highest BCUT2D eigenvalue weighted by Gasteiger charge is 2.27. The number of hydrogen-bond donors (Lipinski definition) is 1. The van der Waals surface area contributed by atoms with Crippen molar-refractivity contribution in [3.05, 3.63) is 53.1 Å². The third-order valence-corrected chi connectivity index (χ3v) is 4.24. The summed E-state index contributed by atoms with van der Waals surface area (Å²) in [6.07, 6.45) is 1.44. The van der Waals surface area contributed by atoms with Crippen LogP contribution in [0.4, 0.5) is 4.39 Å². The fraction of sp³-hybridized carbons (Fsp3) is 0.353. The summed E-state index contributed by atoms with van der Waals surface area (Å²) in [5, 5.41) is 13.0. The molecule has 1 fully saturated rings. The number of carbonyl (C=O) groups is 2. The average Bonchev–Trinajstić information content (AvgIpc) is 2.99. The summed E-state index contributed by atoms with van der Waals surface area (Å²) in [5.41, 5.74) is 0.907. The molecule has 1 saturated heterocycles. The molecule has 132 valence electrons. The first-order chi connectivity index (χ1) is 11.9. The third kappa shape index (κ3) is 3.85. The summed E-state index contributed by atoms with van der Waals surface area (Å²) >= 11 is 0. The number of carbonyl (C=O) groups excluding carboxylic acids is 1. The standard InChI is InChI=1S/C17H19FN4O3/c1-20-11-14(15(19-20)17(24)25)16(23)22-8-6-21(7-9-22)10-12-2-4-13(18)5-3-12/h2-5,11H,6-10H2,1H3,(H,24,25). The Morgan fingerprint density at radius 3 is 2.40 bits per heavy atom. The van der Waals surface area contributed by atoms with Gasteiger partial charge in [0.25, 0.3) is 5.91 Å². The molecule has 1 aromatic heterocycles. The van der Waals surface area contributed by atoms with Crippen molar-refractivity contribution in [1.82, 2.24) is 19.6 Å². The molecule has 1 aliphatic heterocycles. The second-order valence-corrected chi connectivity index (χ2v) is 6.07. The van der Waals surface area contributed by atoms with Gasteiger partial charge in [0.05, 0.1) is 5.56 Å². The van der Waals surface area contributed by atoms with Crippen LogP contribution < -0.4 is 0 Å². The van der Waals surface area contributed by atoms with E-state index in [1.165, 1.54) is 23.0 Å². The van der Waals surface area contributed by atoms with E-state index in [4.69, 9.17) is 0 Å². The minimum Gasteiger partial charge on any atom is -0.476 e. The Morgan fingerprint density at radius 1 is 1.16 bits per heavy atom. The molecule has 2 aromatic rings. The molecular weight excluding hydrogens is 327 g/mol. The van der Waals surface area contributed by atoms with Crippen molar-refractivity contribution in [2.75, 3.05) is 26.2 Å². The molecule has 1 amide bonds. The summed E-state index contributed by atoms with van der Waals surface area (Å²) in [6, 6.07) is 6.37. The van der Waals surface area contributed by atoms with E-state index < -0.39 is 5.97 Å². The number of piperazine rings is 1. The smallest absolute Gasteiger partial charge is 0.357 e. The molecule has 8 heteroatoms. The highest BCUT2D eigenvalue weighted by molar-refractivity contribution is 6.03. The van der Waals surface area contributed by atoms with E-state index >= 15 is 0 Å². The Hall–Kier alpha value is -2.74. The first-order valence-electron chi connectivity index (χ1n) is 7.97. The van der Waals surface area contributed by atoms with Gasteiger partial charge in [-0.15, -0.1) is 0 Å². The number of benzene rings is 1. The lowest BCUT2D eigenvalue weighted by Gasteiger charge is -2.34. The summed E-state index contributed by atoms with van der Waals surface area (Å²) in [7, 11) is 1.59. The van der Waals surface area contributed by atoms with Gasteiger partial charge >= 0.3 is 5.97 Å². The van der Waals surface area contributed by atoms with E-state index in [1.54, 1.807) is 24.1 Å². The Bertz CT molecular complexity index is 780. The van der Waals surface area contributed by atoms with Crippen molar-refractivity contribution in [3.8, 4) is 0 Å². The van der Waals surface area contributed by atoms with Crippen molar-refractivity contribution in [3.63, 3.8) is 0 Å². The number of aromatic nitrogens is 2. The van der Waals surface area contributed by atoms with Crippen LogP contribution in [0.15, 0.2) is 30.5 Å². The predicted octanol–water partition coefficient (Wildman–Crippen LogP) is 1.22. The second-order valence-electron chi connectivity index (χ2n) is 6.07. The van der Waals surface area contributed by atoms with Gasteiger partial charge in [0.1, 0.15) is 5.82 Å². The van der Waals surface area contributed by atoms with Gasteiger partial charge in [-0.1, -0.05) is 12.1 Å². The maximum absolute atomic E-state index is 13.0. The number of nitrogens with zero attached hydrogens (tertiary/aromatic N) is 4. The fourth-order valence-corrected chi connectivity index (χ4v) is 2.93. The van der Waals surface area contributed by atoms with Crippen LogP contribution in [0.1, 0.15) is 26.4 Å². The van der Waals surface area contributed by atoms with Gasteiger partial charge in [0, 0.05) is 46.0 Å². The molecule has 0 bridgehead atoms. The van der Waals surface area contributed by atoms with E-state index in [2.05, 4.69) is 10.00 Å². The van der Waals surface area contributed by atoms with Crippen LogP contribution >= 0.6 is 0 Å². The minimum absolute atomic E-state index is 0.113. The van der Waals surface area contributed by atoms with Crippen LogP contribution in [0, 0.1) is 5.82 Å². The number of halogens is 1. The minimum atomic E-state index is -1.21. The molecule has 0 saturated carbocycles. The van der Waals surface area contributed by atoms with Crippen LogP contribution in [-0.4, -0.2) is 62.7 Å². The number of aromatic carboxylic acids is 1. The van der Waals surface area contributed by atoms with E-state index in [1.807, 2.05) is 0 Å². The molecule has 0 unspecified atom stereocenters. The fourth-order valence-electron chi connectivity index (χ4n) is 2.93. The first kappa shape index (κ1) is 17.1. The molecular formula is C17H19FN4O3. The Labute approximate surface area is 144 Å². The van der Waals surface area contributed by atoms with E-state index in [9.17, 15) is 19.1 Å². The summed E-state index contributed by atoms with van der Waals surface area (Å²) in [4.78, 5) is 27.6. The van der Waals surface area contributed by atoms with Crippen molar-refractivity contribution >= 4 is 11.9 Å². The first-order valence-corrected chi connectivity index (χ1v) is 7.97. The van der Waals surface area contributed by atoms with Crippen molar-refractivity contribution < 1.29 is 19.1 Å². The lowest BCUT2D eigenvalue weighted by Crippen LogP contribution is -2.48. The Balaban J connectivity index is 1.61. The lowest BCUT2D eigenvalue weighted by molar-refractivity contribution is 0.0608. The zero-order valence-electron chi connectivity index (χ0n) is 13.9. The van der Waals surface area contributed by atoms with E-state index in [-0.39, 0.29) is 23.0 Å². The van der Waals surface area contributed by atoms with Gasteiger partial charge in [-0.05, 0) is 17.7 Å². The third-order valence-electron chi connectivity index (χ3n) is 4.24. The van der Waals surface area contributed by atoms with Gasteiger partial charge in [-0.2, -0.15) is 5.10 Å². The van der Waals surface area contributed by atoms with E-state index in [0.29, 0.717) is 32.7 Å². The molecule has 0 spiro atoms. The van der Waals surface area contributed by atoms with E-state index in [0.717, 1.165) is 5.56 Å². The highest BCUT2D eigenvalue weighted by atomic mass is 19.1. The van der Waals surface area contributed by atoms with Gasteiger partial charge in [-0.25, -0.2) is 9.18 Å². The lowest BCUT2D eigenvalue weighted by atomic mass is 10.1. The van der Waals surface area contributed by atoms with Crippen LogP contribution in [-0.2, 0) is 13.6 Å². The summed E-state index contributed by atoms with van der Waals surface area (Å²) < 4.78 is 14.3. The van der Waals surface area contributed by atoms with Gasteiger partial charge < -0.3 is 10.0 Å². The van der Waals surface area contributed by atoms with Crippen LogP contribution in [0.25, 0.3) is 0 Å². The zero-order chi connectivity index (χ0) is 18.0. The number of hydrogen-bond acceptors (Lipinski definition) is 4. The number of carboxylic acids is 1. The maximum atomic E-state index is 13.0. The van der Waals surface area contributed by atoms with Gasteiger partial charge in [-0.3, -0.25) is 14.4 Å². The van der Waals surface area contributed by atoms with Crippen molar-refractivity contribution in [2.45, 2.75) is 6.54 Å². The van der Waals surface area contributed by atoms with Crippen molar-refractivity contribution in [2.24, 2.45) is 7.05 Å². The molecule has 3 rings (SSSR count). The summed E-state index contributed by atoms with van der Waals surface area (Å²) in [5.74, 6) is -1.78. The predicted molar refractivity (Wildman–Crippen MR) is 87.7 cm³/mol. The van der Waals surface area contributed by atoms with Crippen molar-refractivity contribution in [1.29, 1.82) is 0 Å². The largest absolute Gasteiger partial charge is 0.476 e. The Morgan fingerprint density at radius 2 is 1.80 bits per heavy atom. The van der Waals surface area contributed by atoms with Crippen LogP contribution in [0.3, 0.4) is 0 Å². The quantitative estimate of drug-likeness (QED) is 0.900. The number of aryl methyl sites for hydroxylation is 1. The average molecular weight is 346 g/mol. The monoisotopic (exact) mass is 346 g/mol. The number of carboxylic acid groups (broad SMARTS) is 1. The molecule has 7 nitrogen and oxygen atoms in total.